The molecule has 1 aromatic carbocycles. The van der Waals surface area contributed by atoms with Gasteiger partial charge in [0.25, 0.3) is 0 Å². The smallest absolute Gasteiger partial charge is 0.241 e. The Morgan fingerprint density at radius 2 is 2.22 bits per heavy atom. The van der Waals surface area contributed by atoms with E-state index in [0.717, 1.165) is 10.9 Å². The molecule has 0 radical (unpaired) electrons. The van der Waals surface area contributed by atoms with Crippen LogP contribution in [0.3, 0.4) is 0 Å². The molecule has 2 atom stereocenters. The number of halogens is 1. The Kier molecular flexibility index (Phi) is 5.62. The van der Waals surface area contributed by atoms with E-state index < -0.39 is 6.04 Å². The van der Waals surface area contributed by atoms with E-state index in [2.05, 4.69) is 21.2 Å². The quantitative estimate of drug-likeness (QED) is 0.878. The number of carbonyl (C=O) groups excluding carboxylic acids is 1. The minimum absolute atomic E-state index is 0.142. The Hall–Kier alpha value is -1.07. The average Bonchev–Trinajstić information content (AvgIpc) is 2.37. The molecule has 0 aliphatic rings. The van der Waals surface area contributed by atoms with E-state index in [1.807, 2.05) is 19.9 Å². The Morgan fingerprint density at radius 3 is 2.78 bits per heavy atom. The van der Waals surface area contributed by atoms with Crippen LogP contribution >= 0.6 is 15.9 Å². The maximum absolute atomic E-state index is 12.0. The van der Waals surface area contributed by atoms with Crippen LogP contribution in [0.1, 0.15) is 20.3 Å². The number of nitrogens with two attached hydrogens (primary N) is 1. The van der Waals surface area contributed by atoms with Crippen molar-refractivity contribution in [2.45, 2.75) is 26.3 Å². The zero-order valence-corrected chi connectivity index (χ0v) is 12.5. The highest BCUT2D eigenvalue weighted by atomic mass is 79.9. The molecular formula is C13H19BrN2O2. The first kappa shape index (κ1) is 15.0. The first-order chi connectivity index (χ1) is 8.49. The van der Waals surface area contributed by atoms with Crippen LogP contribution in [0.25, 0.3) is 0 Å². The second-order valence-electron chi connectivity index (χ2n) is 4.25. The molecule has 100 valence electrons. The molecule has 0 aliphatic heterocycles. The molecule has 5 heteroatoms. The second-order valence-corrected chi connectivity index (χ2v) is 5.16. The second kappa shape index (κ2) is 6.75. The summed E-state index contributed by atoms with van der Waals surface area (Å²) in [7, 11) is 1.56. The van der Waals surface area contributed by atoms with E-state index in [0.29, 0.717) is 11.4 Å². The summed E-state index contributed by atoms with van der Waals surface area (Å²) in [5, 5.41) is 2.80. The van der Waals surface area contributed by atoms with Crippen molar-refractivity contribution in [1.82, 2.24) is 0 Å². The molecule has 0 aliphatic carbocycles. The Morgan fingerprint density at radius 1 is 1.56 bits per heavy atom. The standard InChI is InChI=1S/C13H19BrN2O2/c1-4-8(2)12(15)13(17)16-10-7-9(14)5-6-11(10)18-3/h5-8,12H,4,15H2,1-3H3,(H,16,17)/t8?,12-/m0/s1. The number of methoxy groups -OCH3 is 1. The molecule has 1 rings (SSSR count). The fourth-order valence-electron chi connectivity index (χ4n) is 1.51. The molecule has 18 heavy (non-hydrogen) atoms. The molecule has 0 fully saturated rings. The first-order valence-electron chi connectivity index (χ1n) is 5.89. The van der Waals surface area contributed by atoms with Crippen molar-refractivity contribution in [3.63, 3.8) is 0 Å². The van der Waals surface area contributed by atoms with Gasteiger partial charge in [-0.3, -0.25) is 4.79 Å². The lowest BCUT2D eigenvalue weighted by Gasteiger charge is -2.18. The zero-order valence-electron chi connectivity index (χ0n) is 10.9. The minimum atomic E-state index is -0.515. The van der Waals surface area contributed by atoms with Gasteiger partial charge >= 0.3 is 0 Å². The summed E-state index contributed by atoms with van der Waals surface area (Å²) in [5.74, 6) is 0.562. The van der Waals surface area contributed by atoms with Crippen molar-refractivity contribution in [3.05, 3.63) is 22.7 Å². The summed E-state index contributed by atoms with van der Waals surface area (Å²) in [6.45, 7) is 3.97. The molecule has 0 saturated carbocycles. The van der Waals surface area contributed by atoms with Gasteiger partial charge in [0.1, 0.15) is 5.75 Å². The van der Waals surface area contributed by atoms with Crippen LogP contribution in [0.15, 0.2) is 22.7 Å². The van der Waals surface area contributed by atoms with Gasteiger partial charge in [-0.25, -0.2) is 0 Å². The lowest BCUT2D eigenvalue weighted by atomic mass is 9.99. The molecule has 0 bridgehead atoms. The van der Waals surface area contributed by atoms with Crippen LogP contribution < -0.4 is 15.8 Å². The Bertz CT molecular complexity index is 423. The van der Waals surface area contributed by atoms with Gasteiger partial charge in [0.2, 0.25) is 5.91 Å². The number of anilines is 1. The summed E-state index contributed by atoms with van der Waals surface area (Å²) < 4.78 is 6.06. The van der Waals surface area contributed by atoms with Crippen molar-refractivity contribution < 1.29 is 9.53 Å². The third-order valence-corrected chi connectivity index (χ3v) is 3.47. The third kappa shape index (κ3) is 3.71. The molecule has 3 N–H and O–H groups in total. The molecule has 1 aromatic rings. The Labute approximate surface area is 116 Å². The van der Waals surface area contributed by atoms with Crippen LogP contribution in [0.5, 0.6) is 5.75 Å². The van der Waals surface area contributed by atoms with Crippen LogP contribution in [0, 0.1) is 5.92 Å². The van der Waals surface area contributed by atoms with Gasteiger partial charge < -0.3 is 15.8 Å². The van der Waals surface area contributed by atoms with E-state index in [-0.39, 0.29) is 11.8 Å². The number of hydrogen-bond acceptors (Lipinski definition) is 3. The molecule has 1 amide bonds. The molecular weight excluding hydrogens is 296 g/mol. The number of amides is 1. The normalized spacial score (nSPS) is 13.8. The predicted octanol–water partition coefficient (Wildman–Crippen LogP) is 2.77. The van der Waals surface area contributed by atoms with E-state index in [1.165, 1.54) is 0 Å². The van der Waals surface area contributed by atoms with E-state index >= 15 is 0 Å². The van der Waals surface area contributed by atoms with Gasteiger partial charge in [0, 0.05) is 4.47 Å². The maximum Gasteiger partial charge on any atom is 0.241 e. The number of carbonyl (C=O) groups is 1. The van der Waals surface area contributed by atoms with Gasteiger partial charge in [-0.15, -0.1) is 0 Å². The lowest BCUT2D eigenvalue weighted by molar-refractivity contribution is -0.118. The third-order valence-electron chi connectivity index (χ3n) is 2.98. The molecule has 0 aromatic heterocycles. The Balaban J connectivity index is 2.84. The van der Waals surface area contributed by atoms with Crippen molar-refractivity contribution in [3.8, 4) is 5.75 Å². The number of nitrogens with one attached hydrogen (secondary N) is 1. The van der Waals surface area contributed by atoms with Gasteiger partial charge in [-0.05, 0) is 24.1 Å². The van der Waals surface area contributed by atoms with Crippen molar-refractivity contribution in [2.24, 2.45) is 11.7 Å². The van der Waals surface area contributed by atoms with E-state index in [9.17, 15) is 4.79 Å². The average molecular weight is 315 g/mol. The van der Waals surface area contributed by atoms with Gasteiger partial charge in [0.15, 0.2) is 0 Å². The van der Waals surface area contributed by atoms with Crippen LogP contribution in [-0.2, 0) is 4.79 Å². The monoisotopic (exact) mass is 314 g/mol. The highest BCUT2D eigenvalue weighted by molar-refractivity contribution is 9.10. The molecule has 4 nitrogen and oxygen atoms in total. The predicted molar refractivity (Wildman–Crippen MR) is 76.8 cm³/mol. The van der Waals surface area contributed by atoms with Crippen LogP contribution in [0.4, 0.5) is 5.69 Å². The summed E-state index contributed by atoms with van der Waals surface area (Å²) >= 11 is 3.36. The van der Waals surface area contributed by atoms with Gasteiger partial charge in [-0.2, -0.15) is 0 Å². The SMILES string of the molecule is CCC(C)[C@H](N)C(=O)Nc1cc(Br)ccc1OC. The highest BCUT2D eigenvalue weighted by Gasteiger charge is 2.20. The van der Waals surface area contributed by atoms with Gasteiger partial charge in [-0.1, -0.05) is 36.2 Å². The fraction of sp³-hybridized carbons (Fsp3) is 0.462. The van der Waals surface area contributed by atoms with Crippen molar-refractivity contribution >= 4 is 27.5 Å². The summed E-state index contributed by atoms with van der Waals surface area (Å²) in [4.78, 5) is 12.0. The fourth-order valence-corrected chi connectivity index (χ4v) is 1.87. The van der Waals surface area contributed by atoms with Gasteiger partial charge in [0.05, 0.1) is 18.8 Å². The number of benzene rings is 1. The summed E-state index contributed by atoms with van der Waals surface area (Å²) in [6, 6.07) is 4.91. The molecule has 0 spiro atoms. The largest absolute Gasteiger partial charge is 0.495 e. The van der Waals surface area contributed by atoms with Crippen molar-refractivity contribution in [2.75, 3.05) is 12.4 Å². The zero-order chi connectivity index (χ0) is 13.7. The lowest BCUT2D eigenvalue weighted by Crippen LogP contribution is -2.40. The van der Waals surface area contributed by atoms with Crippen LogP contribution in [0.2, 0.25) is 0 Å². The molecule has 1 unspecified atom stereocenters. The number of rotatable bonds is 5. The maximum atomic E-state index is 12.0. The molecule has 0 heterocycles. The van der Waals surface area contributed by atoms with Crippen LogP contribution in [-0.4, -0.2) is 19.1 Å². The topological polar surface area (TPSA) is 64.4 Å². The van der Waals surface area contributed by atoms with E-state index in [4.69, 9.17) is 10.5 Å². The molecule has 0 saturated heterocycles. The van der Waals surface area contributed by atoms with E-state index in [1.54, 1.807) is 19.2 Å². The first-order valence-corrected chi connectivity index (χ1v) is 6.68. The highest BCUT2D eigenvalue weighted by Crippen LogP contribution is 2.28. The summed E-state index contributed by atoms with van der Waals surface area (Å²) in [6.07, 6.45) is 0.865. The number of hydrogen-bond donors (Lipinski definition) is 2. The number of ether oxygens (including phenoxy) is 1. The summed E-state index contributed by atoms with van der Waals surface area (Å²) in [5.41, 5.74) is 6.51. The minimum Gasteiger partial charge on any atom is -0.495 e. The van der Waals surface area contributed by atoms with Crippen molar-refractivity contribution in [1.29, 1.82) is 0 Å².